The maximum atomic E-state index is 10.2. The molecule has 6 heteroatoms. The fourth-order valence-corrected chi connectivity index (χ4v) is 2.90. The van der Waals surface area contributed by atoms with E-state index in [2.05, 4.69) is 21.4 Å². The highest BCUT2D eigenvalue weighted by Crippen LogP contribution is 2.33. The highest BCUT2D eigenvalue weighted by Gasteiger charge is 2.14. The van der Waals surface area contributed by atoms with Gasteiger partial charge in [0.1, 0.15) is 11.6 Å². The lowest BCUT2D eigenvalue weighted by atomic mass is 10.0. The van der Waals surface area contributed by atoms with Crippen LogP contribution in [0, 0.1) is 6.92 Å². The highest BCUT2D eigenvalue weighted by atomic mass is 35.5. The molecular weight excluding hydrogens is 360 g/mol. The van der Waals surface area contributed by atoms with Crippen LogP contribution in [-0.4, -0.2) is 27.7 Å². The molecule has 0 saturated carbocycles. The molecular formula is C21H23ClN4O. The second-order valence-corrected chi connectivity index (χ2v) is 6.97. The van der Waals surface area contributed by atoms with E-state index in [1.54, 1.807) is 18.3 Å². The number of phenols is 1. The number of anilines is 1. The summed E-state index contributed by atoms with van der Waals surface area (Å²) in [6.45, 7) is 4.68. The van der Waals surface area contributed by atoms with Crippen LogP contribution in [0.15, 0.2) is 48.7 Å². The Kier molecular flexibility index (Phi) is 5.94. The molecule has 1 aromatic heterocycles. The van der Waals surface area contributed by atoms with Gasteiger partial charge in [0.15, 0.2) is 5.82 Å². The van der Waals surface area contributed by atoms with Crippen LogP contribution in [0.25, 0.3) is 22.5 Å². The number of aromatic nitrogens is 2. The Bertz CT molecular complexity index is 945. The van der Waals surface area contributed by atoms with Crippen molar-refractivity contribution in [1.82, 2.24) is 9.97 Å². The number of aromatic hydroxyl groups is 1. The zero-order chi connectivity index (χ0) is 19.4. The number of hydrogen-bond acceptors (Lipinski definition) is 5. The van der Waals surface area contributed by atoms with E-state index in [9.17, 15) is 5.11 Å². The smallest absolute Gasteiger partial charge is 0.165 e. The Labute approximate surface area is 164 Å². The van der Waals surface area contributed by atoms with E-state index in [0.717, 1.165) is 23.1 Å². The Morgan fingerprint density at radius 1 is 1.19 bits per heavy atom. The van der Waals surface area contributed by atoms with Gasteiger partial charge in [0.25, 0.3) is 0 Å². The molecule has 0 radical (unpaired) electrons. The second kappa shape index (κ2) is 8.37. The zero-order valence-corrected chi connectivity index (χ0v) is 16.2. The van der Waals surface area contributed by atoms with E-state index in [0.29, 0.717) is 28.8 Å². The lowest BCUT2D eigenvalue weighted by Gasteiger charge is -2.16. The molecule has 3 rings (SSSR count). The van der Waals surface area contributed by atoms with Crippen LogP contribution in [0.5, 0.6) is 5.75 Å². The van der Waals surface area contributed by atoms with Crippen molar-refractivity contribution in [3.63, 3.8) is 0 Å². The fourth-order valence-electron chi connectivity index (χ4n) is 2.73. The fraction of sp³-hybridized carbons (Fsp3) is 0.238. The summed E-state index contributed by atoms with van der Waals surface area (Å²) in [4.78, 5) is 9.12. The van der Waals surface area contributed by atoms with Gasteiger partial charge in [0.2, 0.25) is 0 Å². The second-order valence-electron chi connectivity index (χ2n) is 6.54. The number of aryl methyl sites for hydroxylation is 1. The minimum absolute atomic E-state index is 0.0216. The summed E-state index contributed by atoms with van der Waals surface area (Å²) < 4.78 is 0. The van der Waals surface area contributed by atoms with Crippen LogP contribution in [0.2, 0.25) is 5.02 Å². The molecule has 140 valence electrons. The van der Waals surface area contributed by atoms with Crippen molar-refractivity contribution < 1.29 is 5.11 Å². The van der Waals surface area contributed by atoms with Crippen LogP contribution in [0.4, 0.5) is 5.82 Å². The molecule has 5 nitrogen and oxygen atoms in total. The Balaban J connectivity index is 2.07. The van der Waals surface area contributed by atoms with Gasteiger partial charge in [-0.3, -0.25) is 0 Å². The third kappa shape index (κ3) is 4.56. The van der Waals surface area contributed by atoms with E-state index in [-0.39, 0.29) is 11.8 Å². The van der Waals surface area contributed by atoms with Crippen molar-refractivity contribution in [2.45, 2.75) is 26.3 Å². The van der Waals surface area contributed by atoms with Gasteiger partial charge in [0, 0.05) is 29.4 Å². The first kappa shape index (κ1) is 19.1. The van der Waals surface area contributed by atoms with E-state index in [1.807, 2.05) is 32.0 Å². The lowest BCUT2D eigenvalue weighted by Crippen LogP contribution is -2.28. The summed E-state index contributed by atoms with van der Waals surface area (Å²) in [5.74, 6) is 1.16. The lowest BCUT2D eigenvalue weighted by molar-refractivity contribution is 0.477. The zero-order valence-electron chi connectivity index (χ0n) is 15.4. The molecule has 27 heavy (non-hydrogen) atoms. The number of nitrogens with one attached hydrogen (secondary N) is 1. The minimum Gasteiger partial charge on any atom is -0.507 e. The molecule has 1 unspecified atom stereocenters. The minimum atomic E-state index is 0.0216. The van der Waals surface area contributed by atoms with Crippen LogP contribution < -0.4 is 11.1 Å². The molecule has 0 bridgehead atoms. The monoisotopic (exact) mass is 382 g/mol. The molecule has 1 atom stereocenters. The van der Waals surface area contributed by atoms with E-state index < -0.39 is 0 Å². The number of nitrogens with zero attached hydrogens (tertiary/aromatic N) is 2. The predicted molar refractivity (Wildman–Crippen MR) is 111 cm³/mol. The maximum Gasteiger partial charge on any atom is 0.165 e. The van der Waals surface area contributed by atoms with E-state index >= 15 is 0 Å². The summed E-state index contributed by atoms with van der Waals surface area (Å²) in [5.41, 5.74) is 9.60. The van der Waals surface area contributed by atoms with Crippen LogP contribution in [-0.2, 0) is 0 Å². The molecule has 0 saturated heterocycles. The summed E-state index contributed by atoms with van der Waals surface area (Å²) >= 11 is 6.07. The van der Waals surface area contributed by atoms with Gasteiger partial charge < -0.3 is 16.2 Å². The third-order valence-corrected chi connectivity index (χ3v) is 4.61. The molecule has 0 fully saturated rings. The summed E-state index contributed by atoms with van der Waals surface area (Å²) in [6.07, 6.45) is 2.62. The number of hydrogen-bond donors (Lipinski definition) is 3. The van der Waals surface area contributed by atoms with Crippen molar-refractivity contribution in [3.8, 4) is 28.3 Å². The third-order valence-electron chi connectivity index (χ3n) is 4.37. The average molecular weight is 383 g/mol. The van der Waals surface area contributed by atoms with E-state index in [1.165, 1.54) is 6.07 Å². The van der Waals surface area contributed by atoms with Gasteiger partial charge >= 0.3 is 0 Å². The average Bonchev–Trinajstić information content (AvgIpc) is 2.67. The molecule has 0 aliphatic carbocycles. The van der Waals surface area contributed by atoms with Gasteiger partial charge in [-0.25, -0.2) is 9.97 Å². The normalized spacial score (nSPS) is 12.0. The Morgan fingerprint density at radius 2 is 2.00 bits per heavy atom. The summed E-state index contributed by atoms with van der Waals surface area (Å²) in [6, 6.07) is 13.0. The van der Waals surface area contributed by atoms with Crippen LogP contribution in [0.1, 0.15) is 18.9 Å². The molecule has 0 aliphatic heterocycles. The number of phenolic OH excluding ortho intramolecular Hbond substituents is 1. The number of nitrogens with two attached hydrogens (primary N) is 1. The SMILES string of the molecule is CCC(N)CNc1nc(-c2cc(Cl)ccc2O)ncc1-c1cccc(C)c1. The van der Waals surface area contributed by atoms with Crippen molar-refractivity contribution in [2.24, 2.45) is 5.73 Å². The van der Waals surface area contributed by atoms with Crippen molar-refractivity contribution >= 4 is 17.4 Å². The molecule has 2 aromatic carbocycles. The Morgan fingerprint density at radius 3 is 2.74 bits per heavy atom. The number of benzene rings is 2. The molecule has 0 aliphatic rings. The molecule has 4 N–H and O–H groups in total. The molecule has 3 aromatic rings. The maximum absolute atomic E-state index is 10.2. The van der Waals surface area contributed by atoms with Gasteiger partial charge in [0.05, 0.1) is 5.56 Å². The molecule has 0 amide bonds. The van der Waals surface area contributed by atoms with Crippen molar-refractivity contribution in [2.75, 3.05) is 11.9 Å². The predicted octanol–water partition coefficient (Wildman–Crippen LogP) is 4.63. The van der Waals surface area contributed by atoms with Crippen molar-refractivity contribution in [3.05, 3.63) is 59.2 Å². The standard InChI is InChI=1S/C21H23ClN4O/c1-3-16(23)11-24-21-18(14-6-4-5-13(2)9-14)12-25-20(26-21)17-10-15(22)7-8-19(17)27/h4-10,12,16,27H,3,11,23H2,1-2H3,(H,24,25,26). The van der Waals surface area contributed by atoms with Gasteiger partial charge in [-0.2, -0.15) is 0 Å². The highest BCUT2D eigenvalue weighted by molar-refractivity contribution is 6.30. The first-order valence-corrected chi connectivity index (χ1v) is 9.28. The summed E-state index contributed by atoms with van der Waals surface area (Å²) in [7, 11) is 0. The number of rotatable bonds is 6. The van der Waals surface area contributed by atoms with Crippen molar-refractivity contribution in [1.29, 1.82) is 0 Å². The van der Waals surface area contributed by atoms with Crippen LogP contribution in [0.3, 0.4) is 0 Å². The molecule has 0 spiro atoms. The van der Waals surface area contributed by atoms with E-state index in [4.69, 9.17) is 17.3 Å². The van der Waals surface area contributed by atoms with Crippen LogP contribution >= 0.6 is 11.6 Å². The van der Waals surface area contributed by atoms with Gasteiger partial charge in [-0.1, -0.05) is 48.4 Å². The topological polar surface area (TPSA) is 84.1 Å². The molecule has 1 heterocycles. The Hall–Kier alpha value is -2.63. The van der Waals surface area contributed by atoms with Gasteiger partial charge in [-0.05, 0) is 37.1 Å². The quantitative estimate of drug-likeness (QED) is 0.579. The first-order valence-electron chi connectivity index (χ1n) is 8.90. The largest absolute Gasteiger partial charge is 0.507 e. The first-order chi connectivity index (χ1) is 13.0. The van der Waals surface area contributed by atoms with Gasteiger partial charge in [-0.15, -0.1) is 0 Å². The number of halogens is 1. The summed E-state index contributed by atoms with van der Waals surface area (Å²) in [5, 5.41) is 14.0.